The van der Waals surface area contributed by atoms with Gasteiger partial charge < -0.3 is 10.1 Å². The van der Waals surface area contributed by atoms with E-state index >= 15 is 0 Å². The van der Waals surface area contributed by atoms with Crippen LogP contribution in [-0.4, -0.2) is 21.8 Å². The van der Waals surface area contributed by atoms with Crippen molar-refractivity contribution in [2.75, 3.05) is 7.05 Å². The monoisotopic (exact) mass is 260 g/mol. The summed E-state index contributed by atoms with van der Waals surface area (Å²) < 4.78 is 7.67. The van der Waals surface area contributed by atoms with Crippen LogP contribution in [0.15, 0.2) is 12.1 Å². The Morgan fingerprint density at radius 1 is 1.21 bits per heavy atom. The second-order valence-electron chi connectivity index (χ2n) is 4.65. The summed E-state index contributed by atoms with van der Waals surface area (Å²) in [5, 5.41) is 7.45. The van der Waals surface area contributed by atoms with E-state index in [9.17, 15) is 0 Å². The Morgan fingerprint density at radius 3 is 2.47 bits per heavy atom. The number of aromatic nitrogens is 3. The maximum absolute atomic E-state index is 5.86. The minimum atomic E-state index is 0.608. The normalized spacial score (nSPS) is 10.8. The molecule has 0 bridgehead atoms. The molecule has 0 saturated heterocycles. The van der Waals surface area contributed by atoms with Crippen LogP contribution in [-0.2, 0) is 13.6 Å². The van der Waals surface area contributed by atoms with Crippen molar-refractivity contribution in [1.29, 1.82) is 0 Å². The first-order chi connectivity index (χ1) is 9.02. The molecule has 0 fully saturated rings. The maximum atomic E-state index is 5.86. The van der Waals surface area contributed by atoms with Gasteiger partial charge in [0.05, 0.1) is 5.69 Å². The van der Waals surface area contributed by atoms with Gasteiger partial charge in [0.15, 0.2) is 5.75 Å². The van der Waals surface area contributed by atoms with E-state index in [-0.39, 0.29) is 0 Å². The molecule has 5 nitrogen and oxygen atoms in total. The number of aryl methyl sites for hydroxylation is 3. The molecular weight excluding hydrogens is 240 g/mol. The predicted octanol–water partition coefficient (Wildman–Crippen LogP) is 2.25. The van der Waals surface area contributed by atoms with Crippen molar-refractivity contribution in [2.45, 2.75) is 27.3 Å². The molecule has 2 heterocycles. The Balaban J connectivity index is 2.26. The highest BCUT2D eigenvalue weighted by Crippen LogP contribution is 2.27. The molecule has 0 spiro atoms. The zero-order valence-corrected chi connectivity index (χ0v) is 12.1. The molecular formula is C14H20N4O. The first-order valence-electron chi connectivity index (χ1n) is 6.32. The fraction of sp³-hybridized carbons (Fsp3) is 0.429. The van der Waals surface area contributed by atoms with Crippen molar-refractivity contribution in [3.8, 4) is 11.6 Å². The molecule has 0 unspecified atom stereocenters. The lowest BCUT2D eigenvalue weighted by Gasteiger charge is -2.09. The lowest BCUT2D eigenvalue weighted by atomic mass is 10.2. The fourth-order valence-electron chi connectivity index (χ4n) is 2.01. The van der Waals surface area contributed by atoms with E-state index < -0.39 is 0 Å². The van der Waals surface area contributed by atoms with Gasteiger partial charge in [0.2, 0.25) is 5.88 Å². The molecule has 0 saturated carbocycles. The largest absolute Gasteiger partial charge is 0.435 e. The molecule has 19 heavy (non-hydrogen) atoms. The SMILES string of the molecule is CNCc1ccc(Oc2c(C)nn(C)c2C)nc1C. The van der Waals surface area contributed by atoms with Crippen LogP contribution in [0, 0.1) is 20.8 Å². The van der Waals surface area contributed by atoms with Crippen LogP contribution >= 0.6 is 0 Å². The van der Waals surface area contributed by atoms with Crippen LogP contribution in [0.5, 0.6) is 11.6 Å². The number of rotatable bonds is 4. The maximum Gasteiger partial charge on any atom is 0.219 e. The minimum absolute atomic E-state index is 0.608. The van der Waals surface area contributed by atoms with E-state index in [1.54, 1.807) is 0 Å². The van der Waals surface area contributed by atoms with Crippen LogP contribution in [0.3, 0.4) is 0 Å². The quantitative estimate of drug-likeness (QED) is 0.916. The first-order valence-corrected chi connectivity index (χ1v) is 6.32. The second-order valence-corrected chi connectivity index (χ2v) is 4.65. The van der Waals surface area contributed by atoms with E-state index in [4.69, 9.17) is 4.74 Å². The Kier molecular flexibility index (Phi) is 3.85. The molecule has 1 N–H and O–H groups in total. The molecule has 0 radical (unpaired) electrons. The van der Waals surface area contributed by atoms with E-state index in [0.29, 0.717) is 5.88 Å². The van der Waals surface area contributed by atoms with Gasteiger partial charge in [-0.05, 0) is 33.4 Å². The van der Waals surface area contributed by atoms with Gasteiger partial charge in [-0.2, -0.15) is 5.10 Å². The van der Waals surface area contributed by atoms with Gasteiger partial charge in [-0.15, -0.1) is 0 Å². The van der Waals surface area contributed by atoms with E-state index in [1.165, 1.54) is 5.56 Å². The van der Waals surface area contributed by atoms with Gasteiger partial charge in [0, 0.05) is 25.4 Å². The average Bonchev–Trinajstić information content (AvgIpc) is 2.60. The van der Waals surface area contributed by atoms with Crippen molar-refractivity contribution in [3.63, 3.8) is 0 Å². The third kappa shape index (κ3) is 2.76. The molecule has 2 rings (SSSR count). The fourth-order valence-corrected chi connectivity index (χ4v) is 2.01. The Hall–Kier alpha value is -1.88. The molecule has 0 aromatic carbocycles. The number of ether oxygens (including phenoxy) is 1. The smallest absolute Gasteiger partial charge is 0.219 e. The Bertz CT molecular complexity index is 589. The van der Waals surface area contributed by atoms with E-state index in [1.807, 2.05) is 51.7 Å². The Labute approximate surface area is 113 Å². The number of pyridine rings is 1. The zero-order chi connectivity index (χ0) is 14.0. The zero-order valence-electron chi connectivity index (χ0n) is 12.1. The molecule has 2 aromatic heterocycles. The molecule has 0 aliphatic heterocycles. The highest BCUT2D eigenvalue weighted by Gasteiger charge is 2.12. The minimum Gasteiger partial charge on any atom is -0.435 e. The van der Waals surface area contributed by atoms with E-state index in [2.05, 4.69) is 15.4 Å². The van der Waals surface area contributed by atoms with Crippen molar-refractivity contribution in [3.05, 3.63) is 34.8 Å². The van der Waals surface area contributed by atoms with Crippen LogP contribution in [0.2, 0.25) is 0 Å². The summed E-state index contributed by atoms with van der Waals surface area (Å²) in [5.74, 6) is 1.40. The number of hydrogen-bond donors (Lipinski definition) is 1. The predicted molar refractivity (Wildman–Crippen MR) is 74.5 cm³/mol. The summed E-state index contributed by atoms with van der Waals surface area (Å²) in [6.07, 6.45) is 0. The summed E-state index contributed by atoms with van der Waals surface area (Å²) in [5.41, 5.74) is 4.02. The third-order valence-electron chi connectivity index (χ3n) is 3.19. The molecule has 0 aliphatic rings. The van der Waals surface area contributed by atoms with Crippen molar-refractivity contribution < 1.29 is 4.74 Å². The topological polar surface area (TPSA) is 52.0 Å². The molecule has 0 aliphatic carbocycles. The van der Waals surface area contributed by atoms with E-state index in [0.717, 1.165) is 29.4 Å². The van der Waals surface area contributed by atoms with Gasteiger partial charge in [0.25, 0.3) is 0 Å². The lowest BCUT2D eigenvalue weighted by molar-refractivity contribution is 0.453. The van der Waals surface area contributed by atoms with Crippen LogP contribution in [0.4, 0.5) is 0 Å². The molecule has 5 heteroatoms. The molecule has 0 amide bonds. The van der Waals surface area contributed by atoms with Gasteiger partial charge in [-0.1, -0.05) is 6.07 Å². The average molecular weight is 260 g/mol. The van der Waals surface area contributed by atoms with Gasteiger partial charge in [-0.25, -0.2) is 4.98 Å². The number of nitrogens with zero attached hydrogens (tertiary/aromatic N) is 3. The summed E-state index contributed by atoms with van der Waals surface area (Å²) in [6, 6.07) is 3.93. The van der Waals surface area contributed by atoms with Gasteiger partial charge in [-0.3, -0.25) is 4.68 Å². The van der Waals surface area contributed by atoms with Crippen LogP contribution < -0.4 is 10.1 Å². The highest BCUT2D eigenvalue weighted by molar-refractivity contribution is 5.36. The molecule has 0 atom stereocenters. The number of nitrogens with one attached hydrogen (secondary N) is 1. The second kappa shape index (κ2) is 5.40. The van der Waals surface area contributed by atoms with Crippen molar-refractivity contribution in [1.82, 2.24) is 20.1 Å². The van der Waals surface area contributed by atoms with Crippen molar-refractivity contribution >= 4 is 0 Å². The summed E-state index contributed by atoms with van der Waals surface area (Å²) >= 11 is 0. The highest BCUT2D eigenvalue weighted by atomic mass is 16.5. The summed E-state index contributed by atoms with van der Waals surface area (Å²) in [7, 11) is 3.83. The van der Waals surface area contributed by atoms with Crippen molar-refractivity contribution in [2.24, 2.45) is 7.05 Å². The van der Waals surface area contributed by atoms with Gasteiger partial charge >= 0.3 is 0 Å². The standard InChI is InChI=1S/C14H20N4O/c1-9-12(8-15-4)6-7-13(16-9)19-14-10(2)17-18(5)11(14)3/h6-7,15H,8H2,1-5H3. The third-order valence-corrected chi connectivity index (χ3v) is 3.19. The van der Waals surface area contributed by atoms with Crippen LogP contribution in [0.1, 0.15) is 22.6 Å². The molecule has 102 valence electrons. The Morgan fingerprint density at radius 2 is 1.95 bits per heavy atom. The van der Waals surface area contributed by atoms with Gasteiger partial charge in [0.1, 0.15) is 5.69 Å². The summed E-state index contributed by atoms with van der Waals surface area (Å²) in [4.78, 5) is 4.48. The van der Waals surface area contributed by atoms with Crippen LogP contribution in [0.25, 0.3) is 0 Å². The first kappa shape index (κ1) is 13.5. The molecule has 2 aromatic rings. The summed E-state index contributed by atoms with van der Waals surface area (Å²) in [6.45, 7) is 6.72. The number of hydrogen-bond acceptors (Lipinski definition) is 4. The lowest BCUT2D eigenvalue weighted by Crippen LogP contribution is -2.07.